The molecule has 11 heteroatoms. The summed E-state index contributed by atoms with van der Waals surface area (Å²) < 4.78 is 76.9. The number of carbonyl (C=O) groups excluding carboxylic acids is 1. The number of carbonyl (C=O) groups is 2. The molecule has 2 rings (SSSR count). The van der Waals surface area contributed by atoms with Gasteiger partial charge >= 0.3 is 18.3 Å². The summed E-state index contributed by atoms with van der Waals surface area (Å²) in [6, 6.07) is 0.810. The number of aliphatic carboxylic acids is 1. The van der Waals surface area contributed by atoms with Gasteiger partial charge < -0.3 is 10.4 Å². The van der Waals surface area contributed by atoms with Crippen molar-refractivity contribution in [2.75, 3.05) is 25.0 Å². The number of piperidine rings is 1. The van der Waals surface area contributed by atoms with Crippen molar-refractivity contribution in [1.82, 2.24) is 4.90 Å². The van der Waals surface area contributed by atoms with Gasteiger partial charge in [-0.05, 0) is 37.6 Å². The summed E-state index contributed by atoms with van der Waals surface area (Å²) in [5.74, 6) is -2.52. The second-order valence-corrected chi connectivity index (χ2v) is 6.26. The van der Waals surface area contributed by atoms with Gasteiger partial charge in [0.05, 0.1) is 23.6 Å². The molecule has 27 heavy (non-hydrogen) atoms. The van der Waals surface area contributed by atoms with Crippen molar-refractivity contribution in [2.45, 2.75) is 25.2 Å². The minimum Gasteiger partial charge on any atom is -0.481 e. The Morgan fingerprint density at radius 2 is 1.63 bits per heavy atom. The lowest BCUT2D eigenvalue weighted by Gasteiger charge is -2.29. The predicted molar refractivity (Wildman–Crippen MR) is 81.9 cm³/mol. The quantitative estimate of drug-likeness (QED) is 0.763. The third-order valence-corrected chi connectivity index (χ3v) is 4.09. The number of likely N-dealkylation sites (tertiary alicyclic amines) is 1. The van der Waals surface area contributed by atoms with Crippen LogP contribution in [0.15, 0.2) is 18.2 Å². The van der Waals surface area contributed by atoms with Crippen LogP contribution < -0.4 is 5.32 Å². The number of nitrogens with zero attached hydrogens (tertiary/aromatic N) is 1. The summed E-state index contributed by atoms with van der Waals surface area (Å²) in [6.07, 6.45) is -9.06. The van der Waals surface area contributed by atoms with Crippen molar-refractivity contribution in [1.29, 1.82) is 0 Å². The summed E-state index contributed by atoms with van der Waals surface area (Å²) in [4.78, 5) is 24.5. The molecule has 150 valence electrons. The molecule has 0 saturated carbocycles. The molecule has 0 aromatic heterocycles. The standard InChI is InChI=1S/C16H16F6N2O3/c17-15(18,19)10-4-11(16(20,21)22)6-12(5-10)23-13(25)8-24-3-1-2-9(7-24)14(26)27/h4-6,9H,1-3,7-8H2,(H,23,25)(H,26,27). The van der Waals surface area contributed by atoms with E-state index in [1.54, 1.807) is 0 Å². The Kier molecular flexibility index (Phi) is 6.03. The van der Waals surface area contributed by atoms with Crippen LogP contribution in [0.1, 0.15) is 24.0 Å². The molecule has 1 saturated heterocycles. The van der Waals surface area contributed by atoms with Gasteiger partial charge in [-0.15, -0.1) is 0 Å². The molecule has 1 fully saturated rings. The van der Waals surface area contributed by atoms with Crippen LogP contribution in [0.4, 0.5) is 32.0 Å². The topological polar surface area (TPSA) is 69.6 Å². The van der Waals surface area contributed by atoms with E-state index in [0.717, 1.165) is 0 Å². The van der Waals surface area contributed by atoms with Gasteiger partial charge in [0.25, 0.3) is 0 Å². The van der Waals surface area contributed by atoms with E-state index in [1.165, 1.54) is 4.90 Å². The van der Waals surface area contributed by atoms with Crippen molar-refractivity contribution < 1.29 is 41.0 Å². The maximum absolute atomic E-state index is 12.8. The summed E-state index contributed by atoms with van der Waals surface area (Å²) in [5, 5.41) is 11.0. The first-order valence-corrected chi connectivity index (χ1v) is 7.91. The fourth-order valence-corrected chi connectivity index (χ4v) is 2.83. The van der Waals surface area contributed by atoms with E-state index in [-0.39, 0.29) is 19.2 Å². The second-order valence-electron chi connectivity index (χ2n) is 6.26. The van der Waals surface area contributed by atoms with Gasteiger partial charge in [0.15, 0.2) is 0 Å². The smallest absolute Gasteiger partial charge is 0.416 e. The number of hydrogen-bond acceptors (Lipinski definition) is 3. The van der Waals surface area contributed by atoms with Crippen LogP contribution in [0, 0.1) is 5.92 Å². The minimum absolute atomic E-state index is 0.0300. The molecule has 1 amide bonds. The van der Waals surface area contributed by atoms with E-state index < -0.39 is 47.0 Å². The number of halogens is 6. The molecule has 0 radical (unpaired) electrons. The number of alkyl halides is 6. The maximum Gasteiger partial charge on any atom is 0.416 e. The zero-order valence-corrected chi connectivity index (χ0v) is 13.8. The normalized spacial score (nSPS) is 19.0. The van der Waals surface area contributed by atoms with Gasteiger partial charge in [0.2, 0.25) is 5.91 Å². The van der Waals surface area contributed by atoms with Gasteiger partial charge in [-0.25, -0.2) is 0 Å². The molecule has 1 heterocycles. The van der Waals surface area contributed by atoms with Gasteiger partial charge in [-0.2, -0.15) is 26.3 Å². The van der Waals surface area contributed by atoms with Crippen LogP contribution in [0.3, 0.4) is 0 Å². The summed E-state index contributed by atoms with van der Waals surface area (Å²) in [7, 11) is 0. The van der Waals surface area contributed by atoms with Crippen molar-refractivity contribution >= 4 is 17.6 Å². The van der Waals surface area contributed by atoms with Crippen LogP contribution >= 0.6 is 0 Å². The third-order valence-electron chi connectivity index (χ3n) is 4.09. The predicted octanol–water partition coefficient (Wildman–Crippen LogP) is 3.46. The Morgan fingerprint density at radius 3 is 2.11 bits per heavy atom. The van der Waals surface area contributed by atoms with E-state index in [2.05, 4.69) is 0 Å². The summed E-state index contributed by atoms with van der Waals surface area (Å²) in [5.41, 5.74) is -3.69. The van der Waals surface area contributed by atoms with E-state index in [1.807, 2.05) is 5.32 Å². The van der Waals surface area contributed by atoms with Crippen LogP contribution in [0.2, 0.25) is 0 Å². The maximum atomic E-state index is 12.8. The highest BCUT2D eigenvalue weighted by Crippen LogP contribution is 2.37. The first kappa shape index (κ1) is 21.0. The molecule has 0 aliphatic carbocycles. The lowest BCUT2D eigenvalue weighted by molar-refractivity contribution is -0.144. The molecule has 0 bridgehead atoms. The molecule has 1 aliphatic heterocycles. The molecule has 1 unspecified atom stereocenters. The van der Waals surface area contributed by atoms with E-state index in [0.29, 0.717) is 31.5 Å². The molecular weight excluding hydrogens is 382 g/mol. The fraction of sp³-hybridized carbons (Fsp3) is 0.500. The average Bonchev–Trinajstić information content (AvgIpc) is 2.53. The minimum atomic E-state index is -5.01. The highest BCUT2D eigenvalue weighted by molar-refractivity contribution is 5.92. The van der Waals surface area contributed by atoms with Crippen LogP contribution in [0.25, 0.3) is 0 Å². The van der Waals surface area contributed by atoms with Crippen LogP contribution in [-0.4, -0.2) is 41.5 Å². The number of anilines is 1. The van der Waals surface area contributed by atoms with Crippen molar-refractivity contribution in [3.05, 3.63) is 29.3 Å². The average molecular weight is 398 g/mol. The molecule has 2 N–H and O–H groups in total. The SMILES string of the molecule is O=C(CN1CCCC(C(=O)O)C1)Nc1cc(C(F)(F)F)cc(C(F)(F)F)c1. The number of rotatable bonds is 4. The number of amides is 1. The zero-order chi connectivity index (χ0) is 20.4. The third kappa shape index (κ3) is 5.84. The molecule has 1 aliphatic rings. The van der Waals surface area contributed by atoms with Crippen LogP contribution in [-0.2, 0) is 21.9 Å². The summed E-state index contributed by atoms with van der Waals surface area (Å²) in [6.45, 7) is 0.161. The fourth-order valence-electron chi connectivity index (χ4n) is 2.83. The monoisotopic (exact) mass is 398 g/mol. The lowest BCUT2D eigenvalue weighted by atomic mass is 9.98. The molecule has 1 aromatic carbocycles. The number of hydrogen-bond donors (Lipinski definition) is 2. The number of benzene rings is 1. The Morgan fingerprint density at radius 1 is 1.07 bits per heavy atom. The Balaban J connectivity index is 2.13. The summed E-state index contributed by atoms with van der Waals surface area (Å²) >= 11 is 0. The molecule has 5 nitrogen and oxygen atoms in total. The van der Waals surface area contributed by atoms with Gasteiger partial charge in [-0.3, -0.25) is 14.5 Å². The molecule has 0 spiro atoms. The van der Waals surface area contributed by atoms with Crippen molar-refractivity contribution in [2.24, 2.45) is 5.92 Å². The first-order chi connectivity index (χ1) is 12.4. The van der Waals surface area contributed by atoms with E-state index in [9.17, 15) is 35.9 Å². The van der Waals surface area contributed by atoms with Gasteiger partial charge in [0, 0.05) is 12.2 Å². The van der Waals surface area contributed by atoms with E-state index >= 15 is 0 Å². The molecule has 1 atom stereocenters. The molecular formula is C16H16F6N2O3. The Bertz CT molecular complexity index is 685. The second kappa shape index (κ2) is 7.75. The first-order valence-electron chi connectivity index (χ1n) is 7.91. The van der Waals surface area contributed by atoms with Crippen LogP contribution in [0.5, 0.6) is 0 Å². The zero-order valence-electron chi connectivity index (χ0n) is 13.8. The highest BCUT2D eigenvalue weighted by Gasteiger charge is 2.37. The lowest BCUT2D eigenvalue weighted by Crippen LogP contribution is -2.42. The number of carboxylic acids is 1. The number of nitrogens with one attached hydrogen (secondary N) is 1. The highest BCUT2D eigenvalue weighted by atomic mass is 19.4. The molecule has 1 aromatic rings. The van der Waals surface area contributed by atoms with Crippen molar-refractivity contribution in [3.63, 3.8) is 0 Å². The van der Waals surface area contributed by atoms with Crippen molar-refractivity contribution in [3.8, 4) is 0 Å². The van der Waals surface area contributed by atoms with Gasteiger partial charge in [-0.1, -0.05) is 0 Å². The van der Waals surface area contributed by atoms with E-state index in [4.69, 9.17) is 5.11 Å². The Labute approximate surface area is 149 Å². The Hall–Kier alpha value is -2.30. The van der Waals surface area contributed by atoms with Gasteiger partial charge in [0.1, 0.15) is 0 Å². The number of carboxylic acid groups (broad SMARTS) is 1. The largest absolute Gasteiger partial charge is 0.481 e.